The quantitative estimate of drug-likeness (QED) is 0.853. The van der Waals surface area contributed by atoms with Crippen LogP contribution in [-0.2, 0) is 6.42 Å². The van der Waals surface area contributed by atoms with Crippen LogP contribution in [0.15, 0.2) is 36.8 Å². The smallest absolute Gasteiger partial charge is 0.253 e. The van der Waals surface area contributed by atoms with Crippen LogP contribution < -0.4 is 4.74 Å². The molecule has 0 radical (unpaired) electrons. The van der Waals surface area contributed by atoms with Crippen LogP contribution in [0.1, 0.15) is 47.3 Å². The largest absolute Gasteiger partial charge is 0.490 e. The lowest BCUT2D eigenvalue weighted by atomic mass is 9.94. The third-order valence-electron chi connectivity index (χ3n) is 4.85. The van der Waals surface area contributed by atoms with Gasteiger partial charge in [-0.1, -0.05) is 0 Å². The highest BCUT2D eigenvalue weighted by Crippen LogP contribution is 2.31. The lowest BCUT2D eigenvalue weighted by Crippen LogP contribution is -2.39. The molecular weight excluding hydrogens is 302 g/mol. The van der Waals surface area contributed by atoms with Crippen molar-refractivity contribution in [3.8, 4) is 5.75 Å². The molecule has 2 aliphatic rings. The Bertz CT molecular complexity index is 748. The van der Waals surface area contributed by atoms with Gasteiger partial charge in [0.15, 0.2) is 0 Å². The highest BCUT2D eigenvalue weighted by Gasteiger charge is 2.27. The molecule has 3 heterocycles. The summed E-state index contributed by atoms with van der Waals surface area (Å²) in [5.41, 5.74) is 2.87. The van der Waals surface area contributed by atoms with Crippen LogP contribution in [0.25, 0.3) is 0 Å². The zero-order valence-electron chi connectivity index (χ0n) is 13.8. The third-order valence-corrected chi connectivity index (χ3v) is 4.85. The summed E-state index contributed by atoms with van der Waals surface area (Å²) in [6.07, 6.45) is 8.34. The molecule has 1 amide bonds. The topological polar surface area (TPSA) is 55.3 Å². The molecule has 0 aliphatic carbocycles. The fraction of sp³-hybridized carbons (Fsp3) is 0.421. The molecular formula is C19H21N3O2. The molecule has 0 bridgehead atoms. The molecule has 1 fully saturated rings. The Balaban J connectivity index is 1.51. The van der Waals surface area contributed by atoms with Crippen molar-refractivity contribution in [2.45, 2.75) is 38.2 Å². The monoisotopic (exact) mass is 323 g/mol. The first-order valence-electron chi connectivity index (χ1n) is 8.55. The van der Waals surface area contributed by atoms with E-state index in [1.807, 2.05) is 29.3 Å². The van der Waals surface area contributed by atoms with Gasteiger partial charge in [0, 0.05) is 49.6 Å². The zero-order valence-corrected chi connectivity index (χ0v) is 13.8. The van der Waals surface area contributed by atoms with Gasteiger partial charge < -0.3 is 9.64 Å². The summed E-state index contributed by atoms with van der Waals surface area (Å²) in [5.74, 6) is 1.29. The Hall–Kier alpha value is -2.43. The van der Waals surface area contributed by atoms with E-state index in [1.54, 1.807) is 12.4 Å². The summed E-state index contributed by atoms with van der Waals surface area (Å²) >= 11 is 0. The van der Waals surface area contributed by atoms with Crippen LogP contribution in [0.4, 0.5) is 0 Å². The van der Waals surface area contributed by atoms with Gasteiger partial charge in [-0.3, -0.25) is 14.8 Å². The number of carbonyl (C=O) groups excluding carboxylic acids is 1. The summed E-state index contributed by atoms with van der Waals surface area (Å²) in [6, 6.07) is 5.80. The van der Waals surface area contributed by atoms with E-state index in [9.17, 15) is 4.79 Å². The molecule has 1 aromatic carbocycles. The van der Waals surface area contributed by atoms with Gasteiger partial charge in [0.25, 0.3) is 5.91 Å². The second-order valence-electron chi connectivity index (χ2n) is 6.68. The van der Waals surface area contributed by atoms with Crippen molar-refractivity contribution >= 4 is 5.91 Å². The van der Waals surface area contributed by atoms with Crippen LogP contribution in [0.5, 0.6) is 5.75 Å². The second kappa shape index (κ2) is 6.23. The van der Waals surface area contributed by atoms with Crippen molar-refractivity contribution in [2.24, 2.45) is 0 Å². The van der Waals surface area contributed by atoms with Crippen molar-refractivity contribution in [2.75, 3.05) is 13.1 Å². The maximum Gasteiger partial charge on any atom is 0.253 e. The van der Waals surface area contributed by atoms with E-state index in [4.69, 9.17) is 4.74 Å². The number of piperidine rings is 1. The predicted octanol–water partition coefficient (Wildman–Crippen LogP) is 2.82. The van der Waals surface area contributed by atoms with E-state index in [0.29, 0.717) is 6.54 Å². The number of fused-ring (bicyclic) bond motifs is 1. The number of nitrogens with zero attached hydrogens (tertiary/aromatic N) is 3. The molecule has 0 saturated carbocycles. The van der Waals surface area contributed by atoms with Crippen molar-refractivity contribution in [1.29, 1.82) is 0 Å². The van der Waals surface area contributed by atoms with E-state index < -0.39 is 0 Å². The number of carbonyl (C=O) groups is 1. The molecule has 2 aromatic rings. The normalized spacial score (nSPS) is 22.8. The Kier molecular flexibility index (Phi) is 3.92. The molecule has 0 N–H and O–H groups in total. The van der Waals surface area contributed by atoms with E-state index in [2.05, 4.69) is 16.9 Å². The fourth-order valence-corrected chi connectivity index (χ4v) is 3.66. The molecule has 124 valence electrons. The second-order valence-corrected chi connectivity index (χ2v) is 6.68. The van der Waals surface area contributed by atoms with Crippen LogP contribution in [-0.4, -0.2) is 40.0 Å². The molecule has 4 rings (SSSR count). The van der Waals surface area contributed by atoms with Crippen LogP contribution in [0, 0.1) is 0 Å². The Morgan fingerprint density at radius 2 is 2.25 bits per heavy atom. The Labute approximate surface area is 141 Å². The number of likely N-dealkylation sites (tertiary alicyclic amines) is 1. The van der Waals surface area contributed by atoms with Crippen LogP contribution in [0.2, 0.25) is 0 Å². The molecule has 0 spiro atoms. The minimum atomic E-state index is 0.103. The minimum Gasteiger partial charge on any atom is -0.490 e. The van der Waals surface area contributed by atoms with E-state index in [-0.39, 0.29) is 17.9 Å². The molecule has 2 atom stereocenters. The van der Waals surface area contributed by atoms with Gasteiger partial charge in [0.2, 0.25) is 0 Å². The van der Waals surface area contributed by atoms with Crippen molar-refractivity contribution in [1.82, 2.24) is 14.9 Å². The standard InChI is InChI=1S/C19H21N3O2/c1-13-9-16-10-14(4-5-18(16)24-13)19(23)22-8-2-3-15(12-22)17-11-20-6-7-21-17/h4-7,10-11,13,15H,2-3,8-9,12H2,1H3/t13-,15+/m1/s1. The Morgan fingerprint density at radius 1 is 1.33 bits per heavy atom. The van der Waals surface area contributed by atoms with Crippen LogP contribution >= 0.6 is 0 Å². The van der Waals surface area contributed by atoms with Gasteiger partial charge >= 0.3 is 0 Å². The van der Waals surface area contributed by atoms with Gasteiger partial charge in [0.1, 0.15) is 11.9 Å². The van der Waals surface area contributed by atoms with Gasteiger partial charge in [-0.2, -0.15) is 0 Å². The lowest BCUT2D eigenvalue weighted by Gasteiger charge is -2.32. The highest BCUT2D eigenvalue weighted by atomic mass is 16.5. The fourth-order valence-electron chi connectivity index (χ4n) is 3.66. The molecule has 0 unspecified atom stereocenters. The van der Waals surface area contributed by atoms with Crippen LogP contribution in [0.3, 0.4) is 0 Å². The number of benzene rings is 1. The average molecular weight is 323 g/mol. The predicted molar refractivity (Wildman–Crippen MR) is 90.1 cm³/mol. The highest BCUT2D eigenvalue weighted by molar-refractivity contribution is 5.94. The first kappa shape index (κ1) is 15.1. The zero-order chi connectivity index (χ0) is 16.5. The van der Waals surface area contributed by atoms with Gasteiger partial charge in [-0.15, -0.1) is 0 Å². The number of aromatic nitrogens is 2. The van der Waals surface area contributed by atoms with E-state index in [1.165, 1.54) is 0 Å². The van der Waals surface area contributed by atoms with Crippen molar-refractivity contribution < 1.29 is 9.53 Å². The van der Waals surface area contributed by atoms with E-state index in [0.717, 1.165) is 48.4 Å². The van der Waals surface area contributed by atoms with Crippen molar-refractivity contribution in [3.63, 3.8) is 0 Å². The SMILES string of the molecule is C[C@@H]1Cc2cc(C(=O)N3CCC[C@H](c4cnccn4)C3)ccc2O1. The molecule has 1 saturated heterocycles. The van der Waals surface area contributed by atoms with Gasteiger partial charge in [-0.25, -0.2) is 0 Å². The minimum absolute atomic E-state index is 0.103. The summed E-state index contributed by atoms with van der Waals surface area (Å²) in [5, 5.41) is 0. The number of hydrogen-bond acceptors (Lipinski definition) is 4. The summed E-state index contributed by atoms with van der Waals surface area (Å²) in [7, 11) is 0. The molecule has 24 heavy (non-hydrogen) atoms. The first-order chi connectivity index (χ1) is 11.7. The number of amides is 1. The number of rotatable bonds is 2. The van der Waals surface area contributed by atoms with E-state index >= 15 is 0 Å². The maximum atomic E-state index is 12.9. The Morgan fingerprint density at radius 3 is 3.08 bits per heavy atom. The summed E-state index contributed by atoms with van der Waals surface area (Å²) < 4.78 is 5.72. The molecule has 2 aliphatic heterocycles. The van der Waals surface area contributed by atoms with Crippen molar-refractivity contribution in [3.05, 3.63) is 53.6 Å². The molecule has 5 heteroatoms. The number of hydrogen-bond donors (Lipinski definition) is 0. The van der Waals surface area contributed by atoms with Gasteiger partial charge in [0.05, 0.1) is 5.69 Å². The van der Waals surface area contributed by atoms with Gasteiger partial charge in [-0.05, 0) is 43.5 Å². The lowest BCUT2D eigenvalue weighted by molar-refractivity contribution is 0.0705. The third kappa shape index (κ3) is 2.86. The summed E-state index contributed by atoms with van der Waals surface area (Å²) in [4.78, 5) is 23.4. The molecule has 5 nitrogen and oxygen atoms in total. The maximum absolute atomic E-state index is 12.9. The summed E-state index contributed by atoms with van der Waals surface area (Å²) in [6.45, 7) is 3.57. The average Bonchev–Trinajstić information content (AvgIpc) is 3.01. The number of ether oxygens (including phenoxy) is 1. The first-order valence-corrected chi connectivity index (χ1v) is 8.55. The molecule has 1 aromatic heterocycles.